The minimum Gasteiger partial charge on any atom is -0.466 e. The zero-order valence-corrected chi connectivity index (χ0v) is 29.2. The summed E-state index contributed by atoms with van der Waals surface area (Å²) in [5.74, 6) is -2.85. The highest BCUT2D eigenvalue weighted by molar-refractivity contribution is 5.92. The van der Waals surface area contributed by atoms with E-state index in [2.05, 4.69) is 0 Å². The van der Waals surface area contributed by atoms with Crippen molar-refractivity contribution in [2.24, 2.45) is 22.7 Å². The summed E-state index contributed by atoms with van der Waals surface area (Å²) in [5.41, 5.74) is -1.58. The van der Waals surface area contributed by atoms with E-state index in [4.69, 9.17) is 37.9 Å². The molecule has 17 atom stereocenters. The van der Waals surface area contributed by atoms with Crippen LogP contribution in [0, 0.1) is 22.7 Å². The molecule has 0 aromatic heterocycles. The molecule has 4 fully saturated rings. The van der Waals surface area contributed by atoms with Gasteiger partial charge in [0, 0.05) is 18.1 Å². The lowest BCUT2D eigenvalue weighted by Crippen LogP contribution is -2.62. The SMILES string of the molecule is COC(=O)C1=CCC[C@@H]2[C@](C)(CC(O[C@@H]3O[C@H](CO[C@@H]4O[C@H](CO)[C@@H](O)[C@H](O)[C@H]4O)[C@@H](O)[C@H](O)[C@H]3O)C3=CC(OC)OC3=O)[C@H]3C[C@H](OC3=O)[C@]12C. The average molecular weight is 745 g/mol. The van der Waals surface area contributed by atoms with E-state index in [9.17, 15) is 50.1 Å². The number of rotatable bonds is 11. The van der Waals surface area contributed by atoms with Crippen LogP contribution < -0.4 is 0 Å². The van der Waals surface area contributed by atoms with Crippen molar-refractivity contribution in [3.63, 3.8) is 0 Å². The summed E-state index contributed by atoms with van der Waals surface area (Å²) in [4.78, 5) is 39.8. The Morgan fingerprint density at radius 3 is 2.21 bits per heavy atom. The molecule has 6 aliphatic rings. The van der Waals surface area contributed by atoms with Crippen LogP contribution in [0.1, 0.15) is 39.5 Å². The summed E-state index contributed by atoms with van der Waals surface area (Å²) < 4.78 is 44.7. The lowest BCUT2D eigenvalue weighted by Gasteiger charge is -2.56. The van der Waals surface area contributed by atoms with E-state index < -0.39 is 128 Å². The molecule has 1 saturated carbocycles. The summed E-state index contributed by atoms with van der Waals surface area (Å²) in [6.07, 6.45) is -15.2. The van der Waals surface area contributed by atoms with E-state index in [-0.39, 0.29) is 24.3 Å². The van der Waals surface area contributed by atoms with E-state index in [1.165, 1.54) is 20.3 Å². The molecule has 4 aliphatic heterocycles. The number of aliphatic hydroxyl groups is 7. The van der Waals surface area contributed by atoms with Crippen LogP contribution >= 0.6 is 0 Å². The molecule has 0 radical (unpaired) electrons. The van der Waals surface area contributed by atoms with Crippen LogP contribution in [-0.2, 0) is 52.3 Å². The number of aliphatic hydroxyl groups excluding tert-OH is 7. The van der Waals surface area contributed by atoms with Gasteiger partial charge in [-0.15, -0.1) is 0 Å². The summed E-state index contributed by atoms with van der Waals surface area (Å²) in [6.45, 7) is 2.41. The first kappa shape index (κ1) is 39.1. The monoisotopic (exact) mass is 744 g/mol. The van der Waals surface area contributed by atoms with Crippen molar-refractivity contribution in [2.45, 2.75) is 119 Å². The maximum absolute atomic E-state index is 13.5. The largest absolute Gasteiger partial charge is 0.466 e. The maximum atomic E-state index is 13.5. The molecule has 0 aromatic rings. The van der Waals surface area contributed by atoms with Crippen LogP contribution in [-0.4, -0.2) is 161 Å². The number of esters is 3. The molecule has 2 bridgehead atoms. The molecular weight excluding hydrogens is 696 g/mol. The number of hydrogen-bond acceptors (Lipinski definition) is 18. The third kappa shape index (κ3) is 6.49. The molecule has 18 nitrogen and oxygen atoms in total. The summed E-state index contributed by atoms with van der Waals surface area (Å²) in [6, 6.07) is 0. The number of allylic oxidation sites excluding steroid dienone is 1. The van der Waals surface area contributed by atoms with E-state index in [0.717, 1.165) is 0 Å². The molecule has 0 spiro atoms. The molecule has 0 aromatic carbocycles. The van der Waals surface area contributed by atoms with Crippen LogP contribution in [0.3, 0.4) is 0 Å². The first-order valence-corrected chi connectivity index (χ1v) is 17.3. The summed E-state index contributed by atoms with van der Waals surface area (Å²) in [7, 11) is 2.60. The predicted octanol–water partition coefficient (Wildman–Crippen LogP) is -2.69. The van der Waals surface area contributed by atoms with Gasteiger partial charge in [0.2, 0.25) is 6.29 Å². The lowest BCUT2D eigenvalue weighted by molar-refractivity contribution is -0.335. The van der Waals surface area contributed by atoms with E-state index in [1.807, 2.05) is 13.8 Å². The van der Waals surface area contributed by atoms with Gasteiger partial charge in [0.25, 0.3) is 0 Å². The molecule has 18 heteroatoms. The van der Waals surface area contributed by atoms with Gasteiger partial charge in [-0.25, -0.2) is 9.59 Å². The van der Waals surface area contributed by atoms with Gasteiger partial charge < -0.3 is 73.6 Å². The predicted molar refractivity (Wildman–Crippen MR) is 168 cm³/mol. The second-order valence-electron chi connectivity index (χ2n) is 14.7. The minimum absolute atomic E-state index is 0.0201. The van der Waals surface area contributed by atoms with Crippen LogP contribution in [0.2, 0.25) is 0 Å². The van der Waals surface area contributed by atoms with E-state index in [1.54, 1.807) is 6.08 Å². The van der Waals surface area contributed by atoms with Crippen molar-refractivity contribution in [1.82, 2.24) is 0 Å². The van der Waals surface area contributed by atoms with E-state index in [0.29, 0.717) is 18.4 Å². The molecular formula is C34H48O18. The third-order valence-electron chi connectivity index (χ3n) is 12.0. The van der Waals surface area contributed by atoms with Crippen LogP contribution in [0.4, 0.5) is 0 Å². The Morgan fingerprint density at radius 2 is 1.58 bits per heavy atom. The number of carbonyl (C=O) groups excluding carboxylic acids is 3. The average Bonchev–Trinajstić information content (AvgIpc) is 3.71. The molecule has 7 N–H and O–H groups in total. The number of methoxy groups -OCH3 is 2. The lowest BCUT2D eigenvalue weighted by atomic mass is 9.46. The van der Waals surface area contributed by atoms with Gasteiger partial charge >= 0.3 is 17.9 Å². The summed E-state index contributed by atoms with van der Waals surface area (Å²) >= 11 is 0. The fourth-order valence-electron chi connectivity index (χ4n) is 9.07. The fraction of sp³-hybridized carbons (Fsp3) is 0.794. The second-order valence-corrected chi connectivity index (χ2v) is 14.7. The molecule has 292 valence electrons. The Kier molecular flexibility index (Phi) is 11.2. The number of cyclic esters (lactones) is 1. The first-order chi connectivity index (χ1) is 24.6. The van der Waals surface area contributed by atoms with Crippen molar-refractivity contribution in [3.05, 3.63) is 23.3 Å². The van der Waals surface area contributed by atoms with Crippen molar-refractivity contribution < 1.29 is 88.0 Å². The fourth-order valence-corrected chi connectivity index (χ4v) is 9.07. The highest BCUT2D eigenvalue weighted by atomic mass is 16.7. The molecule has 3 saturated heterocycles. The Balaban J connectivity index is 1.29. The van der Waals surface area contributed by atoms with Gasteiger partial charge in [0.15, 0.2) is 12.6 Å². The smallest absolute Gasteiger partial charge is 0.339 e. The molecule has 52 heavy (non-hydrogen) atoms. The Bertz CT molecular complexity index is 1430. The Morgan fingerprint density at radius 1 is 0.923 bits per heavy atom. The zero-order valence-electron chi connectivity index (χ0n) is 29.2. The summed E-state index contributed by atoms with van der Waals surface area (Å²) in [5, 5.41) is 72.9. The molecule has 0 amide bonds. The number of carbonyl (C=O) groups is 3. The van der Waals surface area contributed by atoms with Gasteiger partial charge in [0.1, 0.15) is 54.9 Å². The van der Waals surface area contributed by atoms with Gasteiger partial charge in [0.05, 0.1) is 37.9 Å². The van der Waals surface area contributed by atoms with Crippen molar-refractivity contribution >= 4 is 17.9 Å². The van der Waals surface area contributed by atoms with Crippen molar-refractivity contribution in [3.8, 4) is 0 Å². The van der Waals surface area contributed by atoms with Crippen LogP contribution in [0.5, 0.6) is 0 Å². The maximum Gasteiger partial charge on any atom is 0.339 e. The molecule has 4 heterocycles. The standard InChI is InChI=1S/C34H48O18/c1-33(15-9-20(51-30(15)44)34(2)14(29(43)46-4)6-5-7-19(33)34)10-16(13-8-21(45-3)52-28(13)42)48-32-27(41)25(39)23(37)18(50-32)12-47-31-26(40)24(38)22(36)17(11-35)49-31/h6,8,15-27,31-32,35-41H,5,7,9-12H2,1-4H3/t15-,16?,17+,18+,19+,20-,21?,22+,23+,24-,25-,26+,27+,31+,32+,33+,34+/m0/s1. The van der Waals surface area contributed by atoms with E-state index >= 15 is 0 Å². The van der Waals surface area contributed by atoms with Crippen molar-refractivity contribution in [2.75, 3.05) is 27.4 Å². The van der Waals surface area contributed by atoms with Crippen LogP contribution in [0.15, 0.2) is 23.3 Å². The first-order valence-electron chi connectivity index (χ1n) is 17.3. The number of fused-ring (bicyclic) bond motifs is 4. The third-order valence-corrected chi connectivity index (χ3v) is 12.0. The molecule has 2 unspecified atom stereocenters. The van der Waals surface area contributed by atoms with Gasteiger partial charge in [-0.1, -0.05) is 19.9 Å². The highest BCUT2D eigenvalue weighted by Gasteiger charge is 2.68. The highest BCUT2D eigenvalue weighted by Crippen LogP contribution is 2.66. The van der Waals surface area contributed by atoms with Gasteiger partial charge in [-0.05, 0) is 43.1 Å². The second kappa shape index (κ2) is 14.9. The Hall–Kier alpha value is -2.59. The number of hydrogen-bond donors (Lipinski definition) is 7. The Labute approximate surface area is 298 Å². The van der Waals surface area contributed by atoms with Gasteiger partial charge in [-0.2, -0.15) is 0 Å². The zero-order chi connectivity index (χ0) is 37.9. The van der Waals surface area contributed by atoms with Crippen LogP contribution in [0.25, 0.3) is 0 Å². The van der Waals surface area contributed by atoms with Crippen molar-refractivity contribution in [1.29, 1.82) is 0 Å². The normalized spacial score (nSPS) is 46.4. The molecule has 2 aliphatic carbocycles. The van der Waals surface area contributed by atoms with Gasteiger partial charge in [-0.3, -0.25) is 4.79 Å². The number of ether oxygens (including phenoxy) is 8. The topological polar surface area (TPSA) is 267 Å². The quantitative estimate of drug-likeness (QED) is 0.0839. The molecule has 6 rings (SSSR count). The minimum atomic E-state index is -1.87.